The molecule has 1 fully saturated rings. The summed E-state index contributed by atoms with van der Waals surface area (Å²) in [6.07, 6.45) is 3.55. The summed E-state index contributed by atoms with van der Waals surface area (Å²) in [7, 11) is 0. The fourth-order valence-corrected chi connectivity index (χ4v) is 2.58. The van der Waals surface area contributed by atoms with E-state index in [-0.39, 0.29) is 0 Å². The van der Waals surface area contributed by atoms with Gasteiger partial charge in [-0.3, -0.25) is 0 Å². The van der Waals surface area contributed by atoms with Crippen LogP contribution in [0.1, 0.15) is 32.3 Å². The van der Waals surface area contributed by atoms with E-state index >= 15 is 0 Å². The maximum Gasteiger partial charge on any atom is 0.173 e. The Bertz CT molecular complexity index is 409. The summed E-state index contributed by atoms with van der Waals surface area (Å²) in [5, 5.41) is 4.23. The first-order valence-corrected chi connectivity index (χ1v) is 7.24. The van der Waals surface area contributed by atoms with E-state index < -0.39 is 0 Å². The van der Waals surface area contributed by atoms with E-state index in [1.165, 1.54) is 18.4 Å². The van der Waals surface area contributed by atoms with Crippen LogP contribution in [0.15, 0.2) is 24.3 Å². The molecule has 2 nitrogen and oxygen atoms in total. The lowest BCUT2D eigenvalue weighted by Gasteiger charge is -2.32. The molecule has 0 spiro atoms. The van der Waals surface area contributed by atoms with Gasteiger partial charge in [0.2, 0.25) is 0 Å². The minimum atomic E-state index is 0.840. The molecule has 0 aromatic heterocycles. The Labute approximate surface area is 115 Å². The molecule has 0 amide bonds. The Hall–Kier alpha value is -1.09. The predicted molar refractivity (Wildman–Crippen MR) is 82.0 cm³/mol. The number of hydrogen-bond acceptors (Lipinski definition) is 1. The van der Waals surface area contributed by atoms with E-state index in [1.807, 2.05) is 0 Å². The number of thiocarbonyl (C=S) groups is 1. The highest BCUT2D eigenvalue weighted by atomic mass is 32.1. The second kappa shape index (κ2) is 6.19. The van der Waals surface area contributed by atoms with E-state index in [0.29, 0.717) is 0 Å². The van der Waals surface area contributed by atoms with Crippen LogP contribution in [0.2, 0.25) is 0 Å². The van der Waals surface area contributed by atoms with Gasteiger partial charge in [-0.2, -0.15) is 0 Å². The highest BCUT2D eigenvalue weighted by Crippen LogP contribution is 2.18. The molecule has 0 unspecified atom stereocenters. The Morgan fingerprint density at radius 2 is 2.11 bits per heavy atom. The average molecular weight is 262 g/mol. The molecule has 1 N–H and O–H groups in total. The molecule has 1 aromatic rings. The minimum absolute atomic E-state index is 0.840. The quantitative estimate of drug-likeness (QED) is 0.819. The van der Waals surface area contributed by atoms with Crippen molar-refractivity contribution in [3.8, 4) is 0 Å². The molecule has 98 valence electrons. The SMILES string of the molecule is CCc1cccc(NC(=S)N2CCC(C)CC2)c1. The second-order valence-corrected chi connectivity index (χ2v) is 5.54. The van der Waals surface area contributed by atoms with Crippen molar-refractivity contribution in [2.24, 2.45) is 5.92 Å². The molecule has 0 aliphatic carbocycles. The second-order valence-electron chi connectivity index (χ2n) is 5.15. The first-order chi connectivity index (χ1) is 8.69. The van der Waals surface area contributed by atoms with Gasteiger partial charge in [0.15, 0.2) is 5.11 Å². The fourth-order valence-electron chi connectivity index (χ4n) is 2.28. The van der Waals surface area contributed by atoms with Gasteiger partial charge in [0.25, 0.3) is 0 Å². The van der Waals surface area contributed by atoms with Crippen LogP contribution in [-0.4, -0.2) is 23.1 Å². The zero-order chi connectivity index (χ0) is 13.0. The number of aryl methyl sites for hydroxylation is 1. The summed E-state index contributed by atoms with van der Waals surface area (Å²) in [6.45, 7) is 6.66. The number of piperidine rings is 1. The summed E-state index contributed by atoms with van der Waals surface area (Å²) < 4.78 is 0. The van der Waals surface area contributed by atoms with Crippen LogP contribution in [0.3, 0.4) is 0 Å². The summed E-state index contributed by atoms with van der Waals surface area (Å²) in [6, 6.07) is 8.50. The number of likely N-dealkylation sites (tertiary alicyclic amines) is 1. The largest absolute Gasteiger partial charge is 0.349 e. The van der Waals surface area contributed by atoms with Crippen molar-refractivity contribution in [3.05, 3.63) is 29.8 Å². The first kappa shape index (κ1) is 13.3. The van der Waals surface area contributed by atoms with Crippen molar-refractivity contribution >= 4 is 23.0 Å². The number of hydrogen-bond donors (Lipinski definition) is 1. The monoisotopic (exact) mass is 262 g/mol. The zero-order valence-corrected chi connectivity index (χ0v) is 12.1. The molecule has 3 heteroatoms. The molecular weight excluding hydrogens is 240 g/mol. The Morgan fingerprint density at radius 3 is 2.78 bits per heavy atom. The number of anilines is 1. The van der Waals surface area contributed by atoms with Crippen molar-refractivity contribution < 1.29 is 0 Å². The third kappa shape index (κ3) is 3.45. The van der Waals surface area contributed by atoms with Crippen LogP contribution < -0.4 is 5.32 Å². The van der Waals surface area contributed by atoms with E-state index in [4.69, 9.17) is 12.2 Å². The molecule has 1 aliphatic rings. The third-order valence-corrected chi connectivity index (χ3v) is 4.02. The van der Waals surface area contributed by atoms with Crippen molar-refractivity contribution in [2.75, 3.05) is 18.4 Å². The van der Waals surface area contributed by atoms with Gasteiger partial charge in [-0.05, 0) is 55.1 Å². The van der Waals surface area contributed by atoms with Gasteiger partial charge in [-0.1, -0.05) is 26.0 Å². The van der Waals surface area contributed by atoms with Gasteiger partial charge in [-0.15, -0.1) is 0 Å². The smallest absolute Gasteiger partial charge is 0.173 e. The molecule has 0 bridgehead atoms. The molecule has 0 radical (unpaired) electrons. The van der Waals surface area contributed by atoms with Crippen LogP contribution in [-0.2, 0) is 6.42 Å². The minimum Gasteiger partial charge on any atom is -0.349 e. The van der Waals surface area contributed by atoms with Crippen molar-refractivity contribution in [2.45, 2.75) is 33.1 Å². The molecule has 18 heavy (non-hydrogen) atoms. The number of nitrogens with one attached hydrogen (secondary N) is 1. The van der Waals surface area contributed by atoms with Gasteiger partial charge >= 0.3 is 0 Å². The van der Waals surface area contributed by atoms with Crippen LogP contribution in [0.4, 0.5) is 5.69 Å². The van der Waals surface area contributed by atoms with Gasteiger partial charge in [-0.25, -0.2) is 0 Å². The van der Waals surface area contributed by atoms with Crippen molar-refractivity contribution in [3.63, 3.8) is 0 Å². The van der Waals surface area contributed by atoms with Crippen LogP contribution >= 0.6 is 12.2 Å². The van der Waals surface area contributed by atoms with E-state index in [1.54, 1.807) is 0 Å². The van der Waals surface area contributed by atoms with E-state index in [0.717, 1.165) is 36.2 Å². The number of benzene rings is 1. The van der Waals surface area contributed by atoms with Gasteiger partial charge < -0.3 is 10.2 Å². The Kier molecular flexibility index (Phi) is 4.59. The lowest BCUT2D eigenvalue weighted by Crippen LogP contribution is -2.40. The van der Waals surface area contributed by atoms with Crippen molar-refractivity contribution in [1.29, 1.82) is 0 Å². The summed E-state index contributed by atoms with van der Waals surface area (Å²) in [4.78, 5) is 2.29. The summed E-state index contributed by atoms with van der Waals surface area (Å²) in [5.74, 6) is 0.840. The van der Waals surface area contributed by atoms with Gasteiger partial charge in [0.05, 0.1) is 0 Å². The lowest BCUT2D eigenvalue weighted by atomic mass is 10.00. The fraction of sp³-hybridized carbons (Fsp3) is 0.533. The van der Waals surface area contributed by atoms with Gasteiger partial charge in [0.1, 0.15) is 0 Å². The highest BCUT2D eigenvalue weighted by molar-refractivity contribution is 7.80. The summed E-state index contributed by atoms with van der Waals surface area (Å²) in [5.41, 5.74) is 2.45. The molecular formula is C15H22N2S. The maximum atomic E-state index is 5.49. The van der Waals surface area contributed by atoms with Crippen molar-refractivity contribution in [1.82, 2.24) is 4.90 Å². The number of nitrogens with zero attached hydrogens (tertiary/aromatic N) is 1. The molecule has 1 heterocycles. The Morgan fingerprint density at radius 1 is 1.39 bits per heavy atom. The molecule has 0 atom stereocenters. The van der Waals surface area contributed by atoms with Gasteiger partial charge in [0, 0.05) is 18.8 Å². The van der Waals surface area contributed by atoms with Crippen LogP contribution in [0, 0.1) is 5.92 Å². The average Bonchev–Trinajstić information content (AvgIpc) is 2.39. The molecule has 1 aromatic carbocycles. The van der Waals surface area contributed by atoms with E-state index in [2.05, 4.69) is 48.3 Å². The standard InChI is InChI=1S/C15H22N2S/c1-3-13-5-4-6-14(11-13)16-15(18)17-9-7-12(2)8-10-17/h4-6,11-12H,3,7-10H2,1-2H3,(H,16,18). The molecule has 2 rings (SSSR count). The summed E-state index contributed by atoms with van der Waals surface area (Å²) >= 11 is 5.49. The third-order valence-electron chi connectivity index (χ3n) is 3.66. The normalized spacial score (nSPS) is 16.7. The molecule has 1 aliphatic heterocycles. The highest BCUT2D eigenvalue weighted by Gasteiger charge is 2.17. The molecule has 1 saturated heterocycles. The van der Waals surface area contributed by atoms with Crippen LogP contribution in [0.5, 0.6) is 0 Å². The maximum absolute atomic E-state index is 5.49. The lowest BCUT2D eigenvalue weighted by molar-refractivity contribution is 0.283. The Balaban J connectivity index is 1.94. The predicted octanol–water partition coefficient (Wildman–Crippen LogP) is 3.68. The van der Waals surface area contributed by atoms with Crippen LogP contribution in [0.25, 0.3) is 0 Å². The number of rotatable bonds is 2. The zero-order valence-electron chi connectivity index (χ0n) is 11.3. The molecule has 0 saturated carbocycles. The first-order valence-electron chi connectivity index (χ1n) is 6.84. The topological polar surface area (TPSA) is 15.3 Å². The van der Waals surface area contributed by atoms with E-state index in [9.17, 15) is 0 Å².